The van der Waals surface area contributed by atoms with E-state index in [2.05, 4.69) is 55.1 Å². The molecule has 0 aliphatic carbocycles. The van der Waals surface area contributed by atoms with E-state index in [1.807, 2.05) is 35.0 Å². The number of nitrogens with zero attached hydrogens (tertiary/aromatic N) is 3. The lowest BCUT2D eigenvalue weighted by molar-refractivity contribution is -0.148. The van der Waals surface area contributed by atoms with Crippen molar-refractivity contribution in [1.82, 2.24) is 9.80 Å². The fraction of sp³-hybridized carbons (Fsp3) is 0.481. The second-order valence-electron chi connectivity index (χ2n) is 9.64. The van der Waals surface area contributed by atoms with Gasteiger partial charge < -0.3 is 14.7 Å². The Hall–Kier alpha value is -2.82. The zero-order valence-corrected chi connectivity index (χ0v) is 19.5. The number of anilines is 1. The van der Waals surface area contributed by atoms with Gasteiger partial charge in [-0.3, -0.25) is 9.59 Å². The molecule has 4 rings (SSSR count). The summed E-state index contributed by atoms with van der Waals surface area (Å²) in [5, 5.41) is 0. The molecular formula is C27H35N3O2. The summed E-state index contributed by atoms with van der Waals surface area (Å²) in [4.78, 5) is 33.0. The number of piperidine rings is 1. The van der Waals surface area contributed by atoms with Gasteiger partial charge in [0.05, 0.1) is 0 Å². The average molecular weight is 434 g/mol. The molecule has 0 N–H and O–H groups in total. The highest BCUT2D eigenvalue weighted by atomic mass is 16.2. The van der Waals surface area contributed by atoms with Gasteiger partial charge in [-0.2, -0.15) is 0 Å². The molecule has 1 fully saturated rings. The van der Waals surface area contributed by atoms with Gasteiger partial charge in [0.1, 0.15) is 6.04 Å². The lowest BCUT2D eigenvalue weighted by Gasteiger charge is -2.43. The van der Waals surface area contributed by atoms with Crippen molar-refractivity contribution in [3.63, 3.8) is 0 Å². The Bertz CT molecular complexity index is 943. The van der Waals surface area contributed by atoms with E-state index >= 15 is 0 Å². The molecule has 5 nitrogen and oxygen atoms in total. The van der Waals surface area contributed by atoms with Crippen LogP contribution in [0.15, 0.2) is 54.6 Å². The lowest BCUT2D eigenvalue weighted by Crippen LogP contribution is -2.57. The maximum Gasteiger partial charge on any atom is 0.245 e. The zero-order chi connectivity index (χ0) is 22.7. The molecule has 1 saturated heterocycles. The number of fused-ring (bicyclic) bond motifs is 1. The monoisotopic (exact) mass is 433 g/mol. The van der Waals surface area contributed by atoms with Gasteiger partial charge in [0.25, 0.3) is 0 Å². The van der Waals surface area contributed by atoms with Crippen LogP contribution in [0, 0.1) is 5.92 Å². The Morgan fingerprint density at radius 1 is 1.03 bits per heavy atom. The Morgan fingerprint density at radius 3 is 2.44 bits per heavy atom. The van der Waals surface area contributed by atoms with Crippen LogP contribution < -0.4 is 4.90 Å². The van der Waals surface area contributed by atoms with Crippen LogP contribution in [0.1, 0.15) is 44.2 Å². The van der Waals surface area contributed by atoms with E-state index in [-0.39, 0.29) is 23.8 Å². The molecule has 32 heavy (non-hydrogen) atoms. The molecule has 170 valence electrons. The number of benzene rings is 2. The highest BCUT2D eigenvalue weighted by Crippen LogP contribution is 2.28. The highest BCUT2D eigenvalue weighted by molar-refractivity contribution is 5.88. The summed E-state index contributed by atoms with van der Waals surface area (Å²) in [7, 11) is 1.92. The summed E-state index contributed by atoms with van der Waals surface area (Å²) in [5.41, 5.74) is 3.55. The van der Waals surface area contributed by atoms with Crippen molar-refractivity contribution in [2.45, 2.75) is 58.2 Å². The van der Waals surface area contributed by atoms with Gasteiger partial charge in [-0.25, -0.2) is 0 Å². The minimum absolute atomic E-state index is 0.0662. The molecule has 2 aliphatic rings. The maximum absolute atomic E-state index is 13.8. The number of para-hydroxylation sites is 1. The second kappa shape index (κ2) is 9.76. The van der Waals surface area contributed by atoms with Crippen LogP contribution in [-0.2, 0) is 22.6 Å². The van der Waals surface area contributed by atoms with E-state index < -0.39 is 6.04 Å². The molecule has 0 bridgehead atoms. The molecule has 0 radical (unpaired) electrons. The summed E-state index contributed by atoms with van der Waals surface area (Å²) < 4.78 is 0. The third kappa shape index (κ3) is 4.82. The zero-order valence-electron chi connectivity index (χ0n) is 19.5. The predicted octanol–water partition coefficient (Wildman–Crippen LogP) is 4.11. The number of carbonyl (C=O) groups is 2. The number of rotatable bonds is 5. The lowest BCUT2D eigenvalue weighted by atomic mass is 9.91. The van der Waals surface area contributed by atoms with E-state index in [0.717, 1.165) is 31.5 Å². The number of carbonyl (C=O) groups excluding carboxylic acids is 2. The molecule has 2 amide bonds. The third-order valence-electron chi connectivity index (χ3n) is 6.85. The van der Waals surface area contributed by atoms with E-state index in [0.29, 0.717) is 19.4 Å². The molecular weight excluding hydrogens is 398 g/mol. The number of amides is 2. The molecule has 2 unspecified atom stereocenters. The SMILES string of the molecule is CC(C)CC(=O)N1Cc2ccccc2CC1C(=O)N(C)C1CCCN(c2ccccc2)C1. The van der Waals surface area contributed by atoms with Gasteiger partial charge in [-0.1, -0.05) is 56.3 Å². The van der Waals surface area contributed by atoms with Crippen LogP contribution in [0.5, 0.6) is 0 Å². The van der Waals surface area contributed by atoms with Crippen molar-refractivity contribution in [1.29, 1.82) is 0 Å². The summed E-state index contributed by atoms with van der Waals surface area (Å²) in [6.45, 7) is 6.47. The highest BCUT2D eigenvalue weighted by Gasteiger charge is 2.38. The molecule has 2 aromatic rings. The van der Waals surface area contributed by atoms with Crippen molar-refractivity contribution in [3.8, 4) is 0 Å². The molecule has 2 aliphatic heterocycles. The Morgan fingerprint density at radius 2 is 1.72 bits per heavy atom. The van der Waals surface area contributed by atoms with Crippen molar-refractivity contribution in [2.24, 2.45) is 5.92 Å². The Balaban J connectivity index is 1.53. The van der Waals surface area contributed by atoms with E-state index in [9.17, 15) is 9.59 Å². The fourth-order valence-electron chi connectivity index (χ4n) is 5.03. The number of hydrogen-bond acceptors (Lipinski definition) is 3. The van der Waals surface area contributed by atoms with Crippen LogP contribution in [0.2, 0.25) is 0 Å². The third-order valence-corrected chi connectivity index (χ3v) is 6.85. The van der Waals surface area contributed by atoms with E-state index in [1.165, 1.54) is 11.3 Å². The fourth-order valence-corrected chi connectivity index (χ4v) is 5.03. The van der Waals surface area contributed by atoms with Gasteiger partial charge in [0, 0.05) is 51.3 Å². The summed E-state index contributed by atoms with van der Waals surface area (Å²) in [6, 6.07) is 18.4. The topological polar surface area (TPSA) is 43.9 Å². The first-order chi connectivity index (χ1) is 15.4. The van der Waals surface area contributed by atoms with Crippen LogP contribution in [0.4, 0.5) is 5.69 Å². The van der Waals surface area contributed by atoms with Gasteiger partial charge in [-0.05, 0) is 42.0 Å². The van der Waals surface area contributed by atoms with Crippen molar-refractivity contribution >= 4 is 17.5 Å². The van der Waals surface area contributed by atoms with Gasteiger partial charge in [0.2, 0.25) is 11.8 Å². The average Bonchev–Trinajstić information content (AvgIpc) is 2.82. The summed E-state index contributed by atoms with van der Waals surface area (Å²) in [6.07, 6.45) is 3.12. The molecule has 2 aromatic carbocycles. The van der Waals surface area contributed by atoms with Crippen molar-refractivity contribution in [2.75, 3.05) is 25.0 Å². The first kappa shape index (κ1) is 22.4. The number of likely N-dealkylation sites (N-methyl/N-ethyl adjacent to an activating group) is 1. The van der Waals surface area contributed by atoms with Crippen LogP contribution >= 0.6 is 0 Å². The largest absolute Gasteiger partial charge is 0.369 e. The van der Waals surface area contributed by atoms with Crippen LogP contribution in [0.3, 0.4) is 0 Å². The van der Waals surface area contributed by atoms with E-state index in [1.54, 1.807) is 0 Å². The molecule has 0 spiro atoms. The quantitative estimate of drug-likeness (QED) is 0.713. The first-order valence-electron chi connectivity index (χ1n) is 11.9. The van der Waals surface area contributed by atoms with Gasteiger partial charge in [0.15, 0.2) is 0 Å². The molecule has 2 heterocycles. The maximum atomic E-state index is 13.8. The Labute approximate surface area is 192 Å². The minimum atomic E-state index is -0.423. The first-order valence-corrected chi connectivity index (χ1v) is 11.9. The minimum Gasteiger partial charge on any atom is -0.369 e. The molecule has 2 atom stereocenters. The van der Waals surface area contributed by atoms with Crippen molar-refractivity contribution < 1.29 is 9.59 Å². The van der Waals surface area contributed by atoms with Crippen LogP contribution in [0.25, 0.3) is 0 Å². The molecule has 5 heteroatoms. The normalized spacial score (nSPS) is 20.8. The molecule has 0 saturated carbocycles. The summed E-state index contributed by atoms with van der Waals surface area (Å²) in [5.74, 6) is 0.415. The predicted molar refractivity (Wildman–Crippen MR) is 128 cm³/mol. The Kier molecular flexibility index (Phi) is 6.83. The van der Waals surface area contributed by atoms with Gasteiger partial charge in [-0.15, -0.1) is 0 Å². The second-order valence-corrected chi connectivity index (χ2v) is 9.64. The van der Waals surface area contributed by atoms with Crippen LogP contribution in [-0.4, -0.2) is 53.8 Å². The number of hydrogen-bond donors (Lipinski definition) is 0. The standard InChI is InChI=1S/C27H35N3O2/c1-20(2)16-26(31)30-18-22-11-8-7-10-21(22)17-25(30)27(32)28(3)24-14-9-15-29(19-24)23-12-5-4-6-13-23/h4-8,10-13,20,24-25H,9,14-19H2,1-3H3. The van der Waals surface area contributed by atoms with Gasteiger partial charge >= 0.3 is 0 Å². The van der Waals surface area contributed by atoms with Crippen molar-refractivity contribution in [3.05, 3.63) is 65.7 Å². The summed E-state index contributed by atoms with van der Waals surface area (Å²) >= 11 is 0. The molecule has 0 aromatic heterocycles. The smallest absolute Gasteiger partial charge is 0.245 e. The van der Waals surface area contributed by atoms with E-state index in [4.69, 9.17) is 0 Å².